The molecule has 0 radical (unpaired) electrons. The van der Waals surface area contributed by atoms with Gasteiger partial charge in [-0.15, -0.1) is 5.10 Å². The first-order valence-electron chi connectivity index (χ1n) is 10.3. The van der Waals surface area contributed by atoms with E-state index in [1.807, 2.05) is 26.1 Å². The standard InChI is InChI=1S/C22H27N3O6/c1-13-8-15-11-25(24-23-15)12-19-18(30-22(2,3)31-19)7-5-6-14-9-16(28-4)10-17(26)20(14)21(27)29-13/h5-6,9-11,13,18-19,26H,7-8,12H2,1-4H3/b6-5+/t13-,18-,19+/m0/s1. The molecule has 1 fully saturated rings. The summed E-state index contributed by atoms with van der Waals surface area (Å²) >= 11 is 0. The second-order valence-electron chi connectivity index (χ2n) is 8.31. The molecule has 0 spiro atoms. The summed E-state index contributed by atoms with van der Waals surface area (Å²) in [5.41, 5.74) is 1.29. The molecule has 2 aliphatic heterocycles. The number of phenols is 1. The number of benzene rings is 1. The molecular formula is C22H27N3O6. The first-order valence-corrected chi connectivity index (χ1v) is 10.3. The number of hydrogen-bond donors (Lipinski definition) is 1. The van der Waals surface area contributed by atoms with E-state index in [0.29, 0.717) is 36.4 Å². The second kappa shape index (κ2) is 8.32. The topological polar surface area (TPSA) is 105 Å². The maximum Gasteiger partial charge on any atom is 0.342 e. The molecule has 3 heterocycles. The van der Waals surface area contributed by atoms with Gasteiger partial charge in [0.1, 0.15) is 29.3 Å². The SMILES string of the molecule is COc1cc(O)c2c(c1)/C=C/C[C@@H]1OC(C)(C)O[C@@H]1Cn1cc(nn1)C[C@H](C)OC2=O. The second-order valence-corrected chi connectivity index (χ2v) is 8.31. The van der Waals surface area contributed by atoms with Crippen molar-refractivity contribution in [2.75, 3.05) is 7.11 Å². The molecule has 2 aliphatic rings. The lowest BCUT2D eigenvalue weighted by molar-refractivity contribution is -0.147. The van der Waals surface area contributed by atoms with Crippen molar-refractivity contribution in [1.82, 2.24) is 15.0 Å². The molecule has 0 saturated carbocycles. The molecule has 9 heteroatoms. The summed E-state index contributed by atoms with van der Waals surface area (Å²) in [6.07, 6.45) is 5.53. The maximum absolute atomic E-state index is 12.9. The van der Waals surface area contributed by atoms with Crippen LogP contribution in [0.4, 0.5) is 0 Å². The smallest absolute Gasteiger partial charge is 0.342 e. The van der Waals surface area contributed by atoms with Crippen LogP contribution in [0.15, 0.2) is 24.4 Å². The van der Waals surface area contributed by atoms with Crippen LogP contribution in [-0.2, 0) is 27.2 Å². The minimum absolute atomic E-state index is 0.0860. The fourth-order valence-electron chi connectivity index (χ4n) is 3.97. The zero-order chi connectivity index (χ0) is 22.2. The van der Waals surface area contributed by atoms with Crippen molar-refractivity contribution in [3.63, 3.8) is 0 Å². The highest BCUT2D eigenvalue weighted by molar-refractivity contribution is 5.97. The summed E-state index contributed by atoms with van der Waals surface area (Å²) in [5, 5.41) is 18.8. The quantitative estimate of drug-likeness (QED) is 0.690. The molecular weight excluding hydrogens is 402 g/mol. The van der Waals surface area contributed by atoms with Gasteiger partial charge in [0.15, 0.2) is 5.79 Å². The van der Waals surface area contributed by atoms with Gasteiger partial charge >= 0.3 is 5.97 Å². The van der Waals surface area contributed by atoms with E-state index in [1.165, 1.54) is 13.2 Å². The van der Waals surface area contributed by atoms with Gasteiger partial charge in [-0.2, -0.15) is 0 Å². The van der Waals surface area contributed by atoms with E-state index in [9.17, 15) is 9.90 Å². The van der Waals surface area contributed by atoms with Crippen LogP contribution in [0.5, 0.6) is 11.5 Å². The zero-order valence-electron chi connectivity index (χ0n) is 18.1. The Morgan fingerprint density at radius 1 is 1.26 bits per heavy atom. The minimum Gasteiger partial charge on any atom is -0.507 e. The molecule has 9 nitrogen and oxygen atoms in total. The van der Waals surface area contributed by atoms with Crippen molar-refractivity contribution in [1.29, 1.82) is 0 Å². The number of aromatic hydroxyl groups is 1. The molecule has 4 rings (SSSR count). The van der Waals surface area contributed by atoms with Crippen molar-refractivity contribution in [2.24, 2.45) is 0 Å². The number of methoxy groups -OCH3 is 1. The van der Waals surface area contributed by atoms with Gasteiger partial charge < -0.3 is 24.1 Å². The number of hydrogen-bond acceptors (Lipinski definition) is 8. The third kappa shape index (κ3) is 4.72. The first kappa shape index (κ1) is 21.3. The van der Waals surface area contributed by atoms with Crippen LogP contribution in [-0.4, -0.2) is 57.3 Å². The number of esters is 1. The molecule has 1 aromatic carbocycles. The third-order valence-electron chi connectivity index (χ3n) is 5.27. The lowest BCUT2D eigenvalue weighted by Gasteiger charge is -2.16. The van der Waals surface area contributed by atoms with E-state index in [-0.39, 0.29) is 23.5 Å². The van der Waals surface area contributed by atoms with Crippen LogP contribution in [0.1, 0.15) is 48.8 Å². The zero-order valence-corrected chi connectivity index (χ0v) is 18.1. The van der Waals surface area contributed by atoms with Crippen LogP contribution in [0.2, 0.25) is 0 Å². The normalized spacial score (nSPS) is 26.7. The van der Waals surface area contributed by atoms with Gasteiger partial charge in [-0.3, -0.25) is 0 Å². The Morgan fingerprint density at radius 3 is 2.81 bits per heavy atom. The lowest BCUT2D eigenvalue weighted by Crippen LogP contribution is -2.27. The minimum atomic E-state index is -0.713. The van der Waals surface area contributed by atoms with Gasteiger partial charge in [0.2, 0.25) is 0 Å². The van der Waals surface area contributed by atoms with Crippen molar-refractivity contribution >= 4 is 12.0 Å². The molecule has 0 aliphatic carbocycles. The van der Waals surface area contributed by atoms with E-state index in [2.05, 4.69) is 10.3 Å². The van der Waals surface area contributed by atoms with Crippen LogP contribution in [0.3, 0.4) is 0 Å². The molecule has 1 saturated heterocycles. The van der Waals surface area contributed by atoms with E-state index >= 15 is 0 Å². The van der Waals surface area contributed by atoms with Gasteiger partial charge in [-0.1, -0.05) is 17.4 Å². The van der Waals surface area contributed by atoms with E-state index < -0.39 is 17.9 Å². The average Bonchev–Trinajstić information content (AvgIpc) is 3.23. The Labute approximate surface area is 180 Å². The van der Waals surface area contributed by atoms with Crippen LogP contribution >= 0.6 is 0 Å². The summed E-state index contributed by atoms with van der Waals surface area (Å²) in [5.74, 6) is -1.09. The van der Waals surface area contributed by atoms with E-state index in [1.54, 1.807) is 23.7 Å². The Bertz CT molecular complexity index is 999. The molecule has 2 bridgehead atoms. The van der Waals surface area contributed by atoms with E-state index in [4.69, 9.17) is 18.9 Å². The summed E-state index contributed by atoms with van der Waals surface area (Å²) in [6.45, 7) is 6.03. The Kier molecular flexibility index (Phi) is 5.72. The number of carbonyl (C=O) groups excluding carboxylic acids is 1. The molecule has 0 amide bonds. The van der Waals surface area contributed by atoms with Gasteiger partial charge in [-0.25, -0.2) is 9.48 Å². The van der Waals surface area contributed by atoms with Gasteiger partial charge in [-0.05, 0) is 38.8 Å². The number of cyclic esters (lactones) is 1. The van der Waals surface area contributed by atoms with Crippen LogP contribution in [0.25, 0.3) is 6.08 Å². The number of aromatic nitrogens is 3. The number of nitrogens with zero attached hydrogens (tertiary/aromatic N) is 3. The predicted octanol–water partition coefficient (Wildman–Crippen LogP) is 2.72. The highest BCUT2D eigenvalue weighted by atomic mass is 16.8. The fourth-order valence-corrected chi connectivity index (χ4v) is 3.97. The lowest BCUT2D eigenvalue weighted by atomic mass is 10.0. The summed E-state index contributed by atoms with van der Waals surface area (Å²) < 4.78 is 24.7. The van der Waals surface area contributed by atoms with Crippen molar-refractivity contribution < 1.29 is 28.8 Å². The van der Waals surface area contributed by atoms with Crippen molar-refractivity contribution in [3.8, 4) is 11.5 Å². The molecule has 2 aromatic rings. The summed E-state index contributed by atoms with van der Waals surface area (Å²) in [6, 6.07) is 3.08. The highest BCUT2D eigenvalue weighted by Gasteiger charge is 2.41. The van der Waals surface area contributed by atoms with Crippen LogP contribution < -0.4 is 4.74 Å². The number of fused-ring (bicyclic) bond motifs is 4. The first-order chi connectivity index (χ1) is 14.7. The molecule has 3 atom stereocenters. The molecule has 166 valence electrons. The maximum atomic E-state index is 12.9. The number of rotatable bonds is 1. The molecule has 31 heavy (non-hydrogen) atoms. The predicted molar refractivity (Wildman–Crippen MR) is 111 cm³/mol. The summed E-state index contributed by atoms with van der Waals surface area (Å²) in [7, 11) is 1.50. The van der Waals surface area contributed by atoms with Crippen molar-refractivity contribution in [3.05, 3.63) is 41.2 Å². The Balaban J connectivity index is 1.72. The molecule has 0 unspecified atom stereocenters. The third-order valence-corrected chi connectivity index (χ3v) is 5.27. The Hall–Kier alpha value is -2.91. The largest absolute Gasteiger partial charge is 0.507 e. The van der Waals surface area contributed by atoms with Gasteiger partial charge in [0.05, 0.1) is 25.5 Å². The Morgan fingerprint density at radius 2 is 2.03 bits per heavy atom. The number of phenolic OH excluding ortho intramolecular Hbond substituents is 1. The highest BCUT2D eigenvalue weighted by Crippen LogP contribution is 2.33. The average molecular weight is 429 g/mol. The fraction of sp³-hybridized carbons (Fsp3) is 0.500. The van der Waals surface area contributed by atoms with Gasteiger partial charge in [0, 0.05) is 18.7 Å². The molecule has 1 N–H and O–H groups in total. The van der Waals surface area contributed by atoms with Crippen molar-refractivity contribution in [2.45, 2.75) is 64.3 Å². The summed E-state index contributed by atoms with van der Waals surface area (Å²) in [4.78, 5) is 12.9. The monoisotopic (exact) mass is 429 g/mol. The van der Waals surface area contributed by atoms with E-state index in [0.717, 1.165) is 0 Å². The van der Waals surface area contributed by atoms with Crippen LogP contribution in [0, 0.1) is 0 Å². The van der Waals surface area contributed by atoms with Gasteiger partial charge in [0.25, 0.3) is 0 Å². The molecule has 1 aromatic heterocycles. The number of carbonyl (C=O) groups is 1. The number of ether oxygens (including phenoxy) is 4.